The Balaban J connectivity index is 1.54. The van der Waals surface area contributed by atoms with Crippen LogP contribution in [0.2, 0.25) is 5.02 Å². The molecule has 0 fully saturated rings. The summed E-state index contributed by atoms with van der Waals surface area (Å²) < 4.78 is 6.07. The van der Waals surface area contributed by atoms with Gasteiger partial charge in [0.1, 0.15) is 18.9 Å². The summed E-state index contributed by atoms with van der Waals surface area (Å²) in [4.78, 5) is 31.7. The number of hydrogen-bond acceptors (Lipinski definition) is 4. The number of thiophene rings is 1. The Morgan fingerprint density at radius 1 is 1.15 bits per heavy atom. The van der Waals surface area contributed by atoms with Gasteiger partial charge in [0.15, 0.2) is 0 Å². The van der Waals surface area contributed by atoms with E-state index in [9.17, 15) is 9.59 Å². The highest BCUT2D eigenvalue weighted by Gasteiger charge is 2.34. The SMILES string of the molecule is CC[C@@H](C)N(CC(=O)N1CCc2sccc2[C@@H]1COc1ccc(Cl)cc1)C(=O)c1ccccc1. The molecule has 178 valence electrons. The standard InChI is InChI=1S/C27H29ClN2O3S/c1-3-19(2)30(27(32)20-7-5-4-6-8-20)17-26(31)29-15-13-25-23(14-16-34-25)24(29)18-33-22-11-9-21(28)10-12-22/h4-12,14,16,19,24H,3,13,15,17-18H2,1-2H3/t19-,24+/m1/s1. The average Bonchev–Trinajstić information content (AvgIpc) is 3.35. The lowest BCUT2D eigenvalue weighted by molar-refractivity contribution is -0.136. The predicted molar refractivity (Wildman–Crippen MR) is 137 cm³/mol. The van der Waals surface area contributed by atoms with Crippen LogP contribution in [0, 0.1) is 0 Å². The zero-order chi connectivity index (χ0) is 24.1. The molecule has 0 bridgehead atoms. The molecule has 1 aliphatic rings. The lowest BCUT2D eigenvalue weighted by Gasteiger charge is -2.38. The Hall–Kier alpha value is -2.83. The van der Waals surface area contributed by atoms with E-state index in [1.165, 1.54) is 4.88 Å². The quantitative estimate of drug-likeness (QED) is 0.393. The lowest BCUT2D eigenvalue weighted by Crippen LogP contribution is -2.49. The summed E-state index contributed by atoms with van der Waals surface area (Å²) in [5.74, 6) is 0.524. The predicted octanol–water partition coefficient (Wildman–Crippen LogP) is 5.85. The van der Waals surface area contributed by atoms with Crippen molar-refractivity contribution >= 4 is 34.8 Å². The number of halogens is 1. The van der Waals surface area contributed by atoms with Crippen molar-refractivity contribution in [3.05, 3.63) is 87.1 Å². The molecule has 1 aliphatic heterocycles. The first-order chi connectivity index (χ1) is 16.5. The molecule has 2 atom stereocenters. The fourth-order valence-electron chi connectivity index (χ4n) is 4.21. The van der Waals surface area contributed by atoms with Crippen LogP contribution in [0.3, 0.4) is 0 Å². The molecule has 0 aliphatic carbocycles. The third-order valence-electron chi connectivity index (χ3n) is 6.35. The van der Waals surface area contributed by atoms with Gasteiger partial charge < -0.3 is 14.5 Å². The molecule has 3 aromatic rings. The molecule has 0 unspecified atom stereocenters. The van der Waals surface area contributed by atoms with Gasteiger partial charge in [0.2, 0.25) is 5.91 Å². The van der Waals surface area contributed by atoms with Crippen LogP contribution in [0.4, 0.5) is 0 Å². The highest BCUT2D eigenvalue weighted by atomic mass is 35.5. The Morgan fingerprint density at radius 2 is 1.88 bits per heavy atom. The van der Waals surface area contributed by atoms with Gasteiger partial charge in [-0.05, 0) is 73.2 Å². The Labute approximate surface area is 209 Å². The summed E-state index contributed by atoms with van der Waals surface area (Å²) in [5, 5.41) is 2.72. The van der Waals surface area contributed by atoms with E-state index in [1.54, 1.807) is 40.5 Å². The Bertz CT molecular complexity index is 1120. The van der Waals surface area contributed by atoms with Crippen molar-refractivity contribution in [3.8, 4) is 5.75 Å². The van der Waals surface area contributed by atoms with Crippen LogP contribution >= 0.6 is 22.9 Å². The molecule has 0 saturated heterocycles. The fraction of sp³-hybridized carbons (Fsp3) is 0.333. The van der Waals surface area contributed by atoms with Crippen molar-refractivity contribution in [2.45, 2.75) is 38.8 Å². The molecule has 7 heteroatoms. The van der Waals surface area contributed by atoms with Gasteiger partial charge in [0.25, 0.3) is 5.91 Å². The minimum absolute atomic E-state index is 0.0413. The van der Waals surface area contributed by atoms with Gasteiger partial charge in [-0.25, -0.2) is 0 Å². The maximum atomic E-state index is 13.6. The van der Waals surface area contributed by atoms with E-state index in [1.807, 2.05) is 49.1 Å². The highest BCUT2D eigenvalue weighted by molar-refractivity contribution is 7.10. The van der Waals surface area contributed by atoms with Gasteiger partial charge in [0, 0.05) is 28.0 Å². The van der Waals surface area contributed by atoms with E-state index in [0.717, 1.165) is 18.4 Å². The number of hydrogen-bond donors (Lipinski definition) is 0. The van der Waals surface area contributed by atoms with Crippen LogP contribution < -0.4 is 4.74 Å². The summed E-state index contributed by atoms with van der Waals surface area (Å²) in [5.41, 5.74) is 1.72. The van der Waals surface area contributed by atoms with Crippen molar-refractivity contribution in [1.82, 2.24) is 9.80 Å². The number of benzene rings is 2. The highest BCUT2D eigenvalue weighted by Crippen LogP contribution is 2.34. The second kappa shape index (κ2) is 11.1. The topological polar surface area (TPSA) is 49.9 Å². The normalized spacial score (nSPS) is 16.0. The molecular weight excluding hydrogens is 468 g/mol. The van der Waals surface area contributed by atoms with Crippen molar-refractivity contribution in [3.63, 3.8) is 0 Å². The van der Waals surface area contributed by atoms with E-state index < -0.39 is 0 Å². The third-order valence-corrected chi connectivity index (χ3v) is 7.60. The molecule has 2 amide bonds. The smallest absolute Gasteiger partial charge is 0.254 e. The van der Waals surface area contributed by atoms with Crippen LogP contribution in [0.1, 0.15) is 47.1 Å². The minimum Gasteiger partial charge on any atom is -0.491 e. The molecule has 5 nitrogen and oxygen atoms in total. The van der Waals surface area contributed by atoms with Crippen molar-refractivity contribution in [2.24, 2.45) is 0 Å². The van der Waals surface area contributed by atoms with Gasteiger partial charge in [0.05, 0.1) is 6.04 Å². The summed E-state index contributed by atoms with van der Waals surface area (Å²) in [6, 6.07) is 18.2. The summed E-state index contributed by atoms with van der Waals surface area (Å²) in [7, 11) is 0. The van der Waals surface area contributed by atoms with Crippen LogP contribution in [0.5, 0.6) is 5.75 Å². The molecule has 0 N–H and O–H groups in total. The molecule has 1 aromatic heterocycles. The largest absolute Gasteiger partial charge is 0.491 e. The first kappa shape index (κ1) is 24.3. The van der Waals surface area contributed by atoms with Crippen molar-refractivity contribution in [1.29, 1.82) is 0 Å². The molecule has 0 spiro atoms. The first-order valence-electron chi connectivity index (χ1n) is 11.6. The Morgan fingerprint density at radius 3 is 2.59 bits per heavy atom. The molecule has 2 aromatic carbocycles. The zero-order valence-corrected chi connectivity index (χ0v) is 21.0. The van der Waals surface area contributed by atoms with Crippen LogP contribution in [0.15, 0.2) is 66.0 Å². The third kappa shape index (κ3) is 5.45. The molecule has 34 heavy (non-hydrogen) atoms. The average molecular weight is 497 g/mol. The van der Waals surface area contributed by atoms with Crippen molar-refractivity contribution < 1.29 is 14.3 Å². The number of nitrogens with zero attached hydrogens (tertiary/aromatic N) is 2. The number of ether oxygens (including phenoxy) is 1. The van der Waals surface area contributed by atoms with Crippen LogP contribution in [-0.4, -0.2) is 47.4 Å². The molecule has 0 radical (unpaired) electrons. The first-order valence-corrected chi connectivity index (χ1v) is 12.8. The van der Waals surface area contributed by atoms with Crippen molar-refractivity contribution in [2.75, 3.05) is 19.7 Å². The monoisotopic (exact) mass is 496 g/mol. The molecule has 0 saturated carbocycles. The zero-order valence-electron chi connectivity index (χ0n) is 19.4. The van der Waals surface area contributed by atoms with E-state index in [2.05, 4.69) is 11.4 Å². The van der Waals surface area contributed by atoms with Gasteiger partial charge in [-0.2, -0.15) is 0 Å². The lowest BCUT2D eigenvalue weighted by atomic mass is 10.00. The van der Waals surface area contributed by atoms with Crippen LogP contribution in [0.25, 0.3) is 0 Å². The van der Waals surface area contributed by atoms with Gasteiger partial charge >= 0.3 is 0 Å². The summed E-state index contributed by atoms with van der Waals surface area (Å²) in [6.45, 7) is 5.01. The summed E-state index contributed by atoms with van der Waals surface area (Å²) in [6.07, 6.45) is 1.58. The number of fused-ring (bicyclic) bond motifs is 1. The second-order valence-corrected chi connectivity index (χ2v) is 9.91. The maximum absolute atomic E-state index is 13.6. The van der Waals surface area contributed by atoms with Gasteiger partial charge in [-0.1, -0.05) is 36.7 Å². The van der Waals surface area contributed by atoms with E-state index >= 15 is 0 Å². The molecule has 2 heterocycles. The number of rotatable bonds is 8. The minimum atomic E-state index is -0.205. The van der Waals surface area contributed by atoms with E-state index in [4.69, 9.17) is 16.3 Å². The van der Waals surface area contributed by atoms with Gasteiger partial charge in [-0.3, -0.25) is 9.59 Å². The molecular formula is C27H29ClN2O3S. The van der Waals surface area contributed by atoms with Gasteiger partial charge in [-0.15, -0.1) is 11.3 Å². The second-order valence-electron chi connectivity index (χ2n) is 8.47. The number of amides is 2. The van der Waals surface area contributed by atoms with E-state index in [-0.39, 0.29) is 30.4 Å². The number of carbonyl (C=O) groups excluding carboxylic acids is 2. The van der Waals surface area contributed by atoms with E-state index in [0.29, 0.717) is 29.5 Å². The maximum Gasteiger partial charge on any atom is 0.254 e. The Kier molecular flexibility index (Phi) is 7.91. The number of carbonyl (C=O) groups is 2. The molecule has 4 rings (SSSR count). The van der Waals surface area contributed by atoms with Crippen LogP contribution in [-0.2, 0) is 11.2 Å². The summed E-state index contributed by atoms with van der Waals surface area (Å²) >= 11 is 7.71. The fourth-order valence-corrected chi connectivity index (χ4v) is 5.27.